The lowest BCUT2D eigenvalue weighted by atomic mass is 9.85. The summed E-state index contributed by atoms with van der Waals surface area (Å²) in [5, 5.41) is 14.2. The third kappa shape index (κ3) is 7.99. The third-order valence-electron chi connectivity index (χ3n) is 8.16. The molecular weight excluding hydrogens is 616 g/mol. The number of aromatic nitrogens is 3. The zero-order valence-electron chi connectivity index (χ0n) is 24.1. The number of halogens is 6. The highest BCUT2D eigenvalue weighted by Crippen LogP contribution is 2.43. The van der Waals surface area contributed by atoms with Crippen molar-refractivity contribution in [3.05, 3.63) is 57.0 Å². The molecule has 17 heteroatoms. The standard InChI is InChI=1S/C24H29N5O2.2C2HF3O2/c1-16-4-8-25-20(12-16)22(31)28-9-5-19-18(14-28)21(30)29-11-7-24(23(29)26-19)6-10-27(15-24)13-17-2-3-17;2*3-2(4,5)1(6)7/h4,8,12,17H,2-3,5-7,9-11,13-15H2,1H3;2*(H,6,7). The van der Waals surface area contributed by atoms with Gasteiger partial charge in [-0.3, -0.25) is 19.1 Å². The smallest absolute Gasteiger partial charge is 0.475 e. The largest absolute Gasteiger partial charge is 0.490 e. The average molecular weight is 648 g/mol. The fraction of sp³-hybridized carbons (Fsp3) is 0.571. The Kier molecular flexibility index (Phi) is 9.61. The number of carboxylic acids is 2. The van der Waals surface area contributed by atoms with Crippen molar-refractivity contribution in [3.63, 3.8) is 0 Å². The number of amides is 1. The Morgan fingerprint density at radius 3 is 2.16 bits per heavy atom. The quantitative estimate of drug-likeness (QED) is 0.480. The zero-order chi connectivity index (χ0) is 33.3. The van der Waals surface area contributed by atoms with Crippen LogP contribution in [0.3, 0.4) is 0 Å². The molecule has 246 valence electrons. The number of carbonyl (C=O) groups is 3. The minimum atomic E-state index is -5.08. The van der Waals surface area contributed by atoms with Gasteiger partial charge in [-0.2, -0.15) is 26.3 Å². The summed E-state index contributed by atoms with van der Waals surface area (Å²) in [6, 6.07) is 3.69. The number of hydrogen-bond donors (Lipinski definition) is 2. The topological polar surface area (TPSA) is 146 Å². The SMILES string of the molecule is Cc1ccnc(C(=O)N2CCc3nc4n(c(=O)c3C2)CCC42CCN(CC3CC3)C2)c1.O=C(O)C(F)(F)F.O=C(O)C(F)(F)F. The molecule has 0 aromatic carbocycles. The molecule has 2 aromatic heterocycles. The van der Waals surface area contributed by atoms with Gasteiger partial charge in [-0.05, 0) is 62.8 Å². The lowest BCUT2D eigenvalue weighted by Crippen LogP contribution is -2.42. The predicted octanol–water partition coefficient (Wildman–Crippen LogP) is 3.17. The van der Waals surface area contributed by atoms with Crippen molar-refractivity contribution in [2.75, 3.05) is 26.2 Å². The van der Waals surface area contributed by atoms with Gasteiger partial charge in [-0.15, -0.1) is 0 Å². The fourth-order valence-electron chi connectivity index (χ4n) is 5.72. The van der Waals surface area contributed by atoms with Crippen LogP contribution in [0.4, 0.5) is 26.3 Å². The molecule has 1 aliphatic carbocycles. The van der Waals surface area contributed by atoms with E-state index >= 15 is 0 Å². The van der Waals surface area contributed by atoms with E-state index in [0.717, 1.165) is 55.5 Å². The molecule has 1 unspecified atom stereocenters. The lowest BCUT2D eigenvalue weighted by molar-refractivity contribution is -0.193. The molecule has 2 aromatic rings. The van der Waals surface area contributed by atoms with Gasteiger partial charge in [-0.1, -0.05) is 0 Å². The van der Waals surface area contributed by atoms with Crippen LogP contribution in [0.15, 0.2) is 23.1 Å². The van der Waals surface area contributed by atoms with Crippen LogP contribution in [0.2, 0.25) is 0 Å². The van der Waals surface area contributed by atoms with Crippen LogP contribution >= 0.6 is 0 Å². The van der Waals surface area contributed by atoms with Crippen molar-refractivity contribution in [1.82, 2.24) is 24.3 Å². The molecule has 2 fully saturated rings. The third-order valence-corrected chi connectivity index (χ3v) is 8.16. The summed E-state index contributed by atoms with van der Waals surface area (Å²) in [5.74, 6) is -3.72. The van der Waals surface area contributed by atoms with Crippen molar-refractivity contribution in [1.29, 1.82) is 0 Å². The number of likely N-dealkylation sites (tertiary alicyclic amines) is 1. The van der Waals surface area contributed by atoms with Crippen molar-refractivity contribution in [3.8, 4) is 0 Å². The van der Waals surface area contributed by atoms with Gasteiger partial charge in [0.1, 0.15) is 11.5 Å². The summed E-state index contributed by atoms with van der Waals surface area (Å²) in [5.41, 5.74) is 3.15. The number of fused-ring (bicyclic) bond motifs is 3. The fourth-order valence-corrected chi connectivity index (χ4v) is 5.72. The van der Waals surface area contributed by atoms with Crippen LogP contribution in [0.25, 0.3) is 0 Å². The molecule has 3 aliphatic heterocycles. The van der Waals surface area contributed by atoms with E-state index in [9.17, 15) is 35.9 Å². The van der Waals surface area contributed by atoms with E-state index in [0.29, 0.717) is 30.8 Å². The van der Waals surface area contributed by atoms with E-state index in [2.05, 4.69) is 9.88 Å². The van der Waals surface area contributed by atoms with Crippen LogP contribution in [-0.2, 0) is 34.5 Å². The Morgan fingerprint density at radius 2 is 1.60 bits per heavy atom. The highest BCUT2D eigenvalue weighted by molar-refractivity contribution is 5.92. The maximum Gasteiger partial charge on any atom is 0.490 e. The first-order chi connectivity index (χ1) is 20.9. The van der Waals surface area contributed by atoms with Crippen LogP contribution in [0.1, 0.15) is 58.8 Å². The first-order valence-electron chi connectivity index (χ1n) is 14.1. The maximum absolute atomic E-state index is 13.4. The molecular formula is C28H31F6N5O6. The second kappa shape index (κ2) is 12.8. The molecule has 1 saturated heterocycles. The number of hydrogen-bond acceptors (Lipinski definition) is 7. The van der Waals surface area contributed by atoms with Gasteiger partial charge in [0, 0.05) is 44.2 Å². The first kappa shape index (κ1) is 33.9. The minimum absolute atomic E-state index is 0.0432. The van der Waals surface area contributed by atoms with Gasteiger partial charge in [0.25, 0.3) is 11.5 Å². The number of aliphatic carboxylic acids is 2. The Morgan fingerprint density at radius 1 is 1.00 bits per heavy atom. The van der Waals surface area contributed by atoms with Gasteiger partial charge in [0.2, 0.25) is 0 Å². The molecule has 5 heterocycles. The molecule has 0 radical (unpaired) electrons. The lowest BCUT2D eigenvalue weighted by Gasteiger charge is -2.29. The number of alkyl halides is 6. The van der Waals surface area contributed by atoms with Crippen LogP contribution in [0.5, 0.6) is 0 Å². The molecule has 1 amide bonds. The molecule has 2 N–H and O–H groups in total. The number of aryl methyl sites for hydroxylation is 1. The van der Waals surface area contributed by atoms with E-state index in [1.54, 1.807) is 11.1 Å². The number of rotatable bonds is 3. The highest BCUT2D eigenvalue weighted by atomic mass is 19.4. The molecule has 11 nitrogen and oxygen atoms in total. The van der Waals surface area contributed by atoms with Crippen LogP contribution in [0, 0.1) is 12.8 Å². The van der Waals surface area contributed by atoms with Crippen LogP contribution < -0.4 is 5.56 Å². The molecule has 1 spiro atoms. The van der Waals surface area contributed by atoms with E-state index in [4.69, 9.17) is 24.8 Å². The molecule has 1 saturated carbocycles. The molecule has 6 rings (SSSR count). The summed E-state index contributed by atoms with van der Waals surface area (Å²) in [6.45, 7) is 6.98. The van der Waals surface area contributed by atoms with E-state index in [1.807, 2.05) is 23.6 Å². The maximum atomic E-state index is 13.4. The van der Waals surface area contributed by atoms with Crippen LogP contribution in [-0.4, -0.2) is 90.9 Å². The first-order valence-corrected chi connectivity index (χ1v) is 14.1. The number of nitrogens with zero attached hydrogens (tertiary/aromatic N) is 5. The Balaban J connectivity index is 0.000000277. The number of carboxylic acid groups (broad SMARTS) is 2. The number of carbonyl (C=O) groups excluding carboxylic acids is 1. The summed E-state index contributed by atoms with van der Waals surface area (Å²) in [6.07, 6.45) is -3.00. The molecule has 1 atom stereocenters. The van der Waals surface area contributed by atoms with Crippen molar-refractivity contribution >= 4 is 17.8 Å². The van der Waals surface area contributed by atoms with E-state index in [1.165, 1.54) is 19.4 Å². The average Bonchev–Trinajstić information content (AvgIpc) is 3.57. The Bertz CT molecular complexity index is 1500. The minimum Gasteiger partial charge on any atom is -0.475 e. The van der Waals surface area contributed by atoms with Gasteiger partial charge in [0.15, 0.2) is 0 Å². The van der Waals surface area contributed by atoms with Crippen molar-refractivity contribution in [2.24, 2.45) is 5.92 Å². The second-order valence-electron chi connectivity index (χ2n) is 11.6. The summed E-state index contributed by atoms with van der Waals surface area (Å²) < 4.78 is 65.4. The zero-order valence-corrected chi connectivity index (χ0v) is 24.1. The van der Waals surface area contributed by atoms with Gasteiger partial charge in [0.05, 0.1) is 17.8 Å². The van der Waals surface area contributed by atoms with Gasteiger partial charge >= 0.3 is 24.3 Å². The molecule has 45 heavy (non-hydrogen) atoms. The highest BCUT2D eigenvalue weighted by Gasteiger charge is 2.48. The predicted molar refractivity (Wildman–Crippen MR) is 143 cm³/mol. The summed E-state index contributed by atoms with van der Waals surface area (Å²) >= 11 is 0. The van der Waals surface area contributed by atoms with Crippen molar-refractivity contribution < 1.29 is 50.9 Å². The Labute approximate surface area is 252 Å². The van der Waals surface area contributed by atoms with E-state index in [-0.39, 0.29) is 16.9 Å². The van der Waals surface area contributed by atoms with Gasteiger partial charge < -0.3 is 20.0 Å². The summed E-state index contributed by atoms with van der Waals surface area (Å²) in [7, 11) is 0. The Hall–Kier alpha value is -4.02. The van der Waals surface area contributed by atoms with E-state index < -0.39 is 24.3 Å². The monoisotopic (exact) mass is 647 g/mol. The number of pyridine rings is 1. The van der Waals surface area contributed by atoms with Gasteiger partial charge in [-0.25, -0.2) is 14.6 Å². The van der Waals surface area contributed by atoms with Crippen molar-refractivity contribution in [2.45, 2.75) is 69.9 Å². The summed E-state index contributed by atoms with van der Waals surface area (Å²) in [4.78, 5) is 57.8. The molecule has 4 aliphatic rings. The normalized spacial score (nSPS) is 20.8. The second-order valence-corrected chi connectivity index (χ2v) is 11.6. The molecule has 0 bridgehead atoms.